The summed E-state index contributed by atoms with van der Waals surface area (Å²) in [6, 6.07) is 19.1. The molecular weight excluding hydrogens is 355 g/mol. The SMILES string of the molecule is O=C(NCc1cccc(C(F)(F)F)c1)c1cccc(Nc2ccccc2)n1. The van der Waals surface area contributed by atoms with Gasteiger partial charge in [0.2, 0.25) is 0 Å². The van der Waals surface area contributed by atoms with Crippen molar-refractivity contribution >= 4 is 17.4 Å². The van der Waals surface area contributed by atoms with E-state index in [2.05, 4.69) is 15.6 Å². The van der Waals surface area contributed by atoms with Crippen LogP contribution in [0, 0.1) is 0 Å². The average Bonchev–Trinajstić information content (AvgIpc) is 2.67. The number of anilines is 2. The van der Waals surface area contributed by atoms with Crippen LogP contribution in [0.2, 0.25) is 0 Å². The molecule has 0 unspecified atom stereocenters. The molecule has 0 aliphatic heterocycles. The van der Waals surface area contributed by atoms with Gasteiger partial charge in [-0.3, -0.25) is 4.79 Å². The second-order valence-electron chi connectivity index (χ2n) is 5.78. The summed E-state index contributed by atoms with van der Waals surface area (Å²) < 4.78 is 38.3. The predicted molar refractivity (Wildman–Crippen MR) is 96.6 cm³/mol. The lowest BCUT2D eigenvalue weighted by Gasteiger charge is -2.10. The lowest BCUT2D eigenvalue weighted by molar-refractivity contribution is -0.137. The molecule has 138 valence electrons. The number of carbonyl (C=O) groups excluding carboxylic acids is 1. The smallest absolute Gasteiger partial charge is 0.347 e. The number of nitrogens with one attached hydrogen (secondary N) is 2. The first-order valence-corrected chi connectivity index (χ1v) is 8.15. The molecule has 0 atom stereocenters. The van der Waals surface area contributed by atoms with Gasteiger partial charge in [0.05, 0.1) is 5.56 Å². The van der Waals surface area contributed by atoms with Crippen molar-refractivity contribution in [1.29, 1.82) is 0 Å². The van der Waals surface area contributed by atoms with Gasteiger partial charge in [0.15, 0.2) is 0 Å². The van der Waals surface area contributed by atoms with Crippen LogP contribution in [0.4, 0.5) is 24.7 Å². The van der Waals surface area contributed by atoms with Gasteiger partial charge in [0.25, 0.3) is 5.91 Å². The Bertz CT molecular complexity index is 927. The Kier molecular flexibility index (Phi) is 5.40. The standard InChI is InChI=1S/C20H16F3N3O/c21-20(22,23)15-7-4-6-14(12-15)13-24-19(27)17-10-5-11-18(26-17)25-16-8-2-1-3-9-16/h1-12H,13H2,(H,24,27)(H,25,26). The molecule has 4 nitrogen and oxygen atoms in total. The Balaban J connectivity index is 1.66. The third-order valence-electron chi connectivity index (χ3n) is 3.74. The molecule has 1 aromatic heterocycles. The molecule has 3 rings (SSSR count). The van der Waals surface area contributed by atoms with Gasteiger partial charge in [0, 0.05) is 12.2 Å². The zero-order chi connectivity index (χ0) is 19.3. The molecule has 0 saturated heterocycles. The van der Waals surface area contributed by atoms with Gasteiger partial charge in [-0.05, 0) is 42.0 Å². The second kappa shape index (κ2) is 7.90. The van der Waals surface area contributed by atoms with Crippen molar-refractivity contribution in [2.45, 2.75) is 12.7 Å². The molecule has 0 fully saturated rings. The molecule has 0 aliphatic rings. The number of alkyl halides is 3. The lowest BCUT2D eigenvalue weighted by atomic mass is 10.1. The van der Waals surface area contributed by atoms with Crippen molar-refractivity contribution in [3.8, 4) is 0 Å². The van der Waals surface area contributed by atoms with E-state index in [0.29, 0.717) is 11.4 Å². The number of para-hydroxylation sites is 1. The molecule has 0 bridgehead atoms. The van der Waals surface area contributed by atoms with E-state index in [1.165, 1.54) is 18.2 Å². The zero-order valence-electron chi connectivity index (χ0n) is 14.1. The number of rotatable bonds is 5. The van der Waals surface area contributed by atoms with Gasteiger partial charge < -0.3 is 10.6 Å². The van der Waals surface area contributed by atoms with Crippen LogP contribution in [0.1, 0.15) is 21.6 Å². The molecule has 7 heteroatoms. The maximum atomic E-state index is 12.8. The predicted octanol–water partition coefficient (Wildman–Crippen LogP) is 4.77. The molecule has 1 heterocycles. The molecule has 2 N–H and O–H groups in total. The van der Waals surface area contributed by atoms with Gasteiger partial charge in [-0.15, -0.1) is 0 Å². The second-order valence-corrected chi connectivity index (χ2v) is 5.78. The topological polar surface area (TPSA) is 54.0 Å². The Morgan fingerprint density at radius 3 is 2.41 bits per heavy atom. The van der Waals surface area contributed by atoms with E-state index < -0.39 is 17.6 Å². The van der Waals surface area contributed by atoms with Crippen LogP contribution in [0.25, 0.3) is 0 Å². The van der Waals surface area contributed by atoms with Crippen molar-refractivity contribution < 1.29 is 18.0 Å². The molecule has 0 saturated carbocycles. The van der Waals surface area contributed by atoms with E-state index in [1.807, 2.05) is 30.3 Å². The fourth-order valence-corrected chi connectivity index (χ4v) is 2.43. The number of pyridine rings is 1. The highest BCUT2D eigenvalue weighted by Gasteiger charge is 2.30. The van der Waals surface area contributed by atoms with Gasteiger partial charge in [0.1, 0.15) is 11.5 Å². The number of carbonyl (C=O) groups is 1. The third-order valence-corrected chi connectivity index (χ3v) is 3.74. The molecular formula is C20H16F3N3O. The maximum Gasteiger partial charge on any atom is 0.416 e. The quantitative estimate of drug-likeness (QED) is 0.679. The Morgan fingerprint density at radius 2 is 1.67 bits per heavy atom. The van der Waals surface area contributed by atoms with Crippen LogP contribution in [0.3, 0.4) is 0 Å². The first-order chi connectivity index (χ1) is 12.9. The molecule has 0 spiro atoms. The Morgan fingerprint density at radius 1 is 0.926 bits per heavy atom. The summed E-state index contributed by atoms with van der Waals surface area (Å²) in [5, 5.41) is 5.67. The van der Waals surface area contributed by atoms with Crippen LogP contribution >= 0.6 is 0 Å². The van der Waals surface area contributed by atoms with E-state index in [4.69, 9.17) is 0 Å². The summed E-state index contributed by atoms with van der Waals surface area (Å²) in [4.78, 5) is 16.5. The van der Waals surface area contributed by atoms with Crippen molar-refractivity contribution in [3.63, 3.8) is 0 Å². The molecule has 3 aromatic rings. The number of aromatic nitrogens is 1. The highest BCUT2D eigenvalue weighted by Crippen LogP contribution is 2.29. The van der Waals surface area contributed by atoms with Crippen molar-refractivity contribution in [2.75, 3.05) is 5.32 Å². The highest BCUT2D eigenvalue weighted by atomic mass is 19.4. The number of nitrogens with zero attached hydrogens (tertiary/aromatic N) is 1. The van der Waals surface area contributed by atoms with E-state index in [0.717, 1.165) is 17.8 Å². The zero-order valence-corrected chi connectivity index (χ0v) is 14.1. The average molecular weight is 371 g/mol. The van der Waals surface area contributed by atoms with Crippen LogP contribution < -0.4 is 10.6 Å². The van der Waals surface area contributed by atoms with Crippen LogP contribution in [-0.4, -0.2) is 10.9 Å². The minimum absolute atomic E-state index is 0.0270. The highest BCUT2D eigenvalue weighted by molar-refractivity contribution is 5.92. The number of amides is 1. The van der Waals surface area contributed by atoms with Crippen molar-refractivity contribution in [1.82, 2.24) is 10.3 Å². The first-order valence-electron chi connectivity index (χ1n) is 8.15. The fraction of sp³-hybridized carbons (Fsp3) is 0.100. The van der Waals surface area contributed by atoms with Crippen molar-refractivity contribution in [2.24, 2.45) is 0 Å². The fourth-order valence-electron chi connectivity index (χ4n) is 2.43. The van der Waals surface area contributed by atoms with E-state index in [1.54, 1.807) is 12.1 Å². The summed E-state index contributed by atoms with van der Waals surface area (Å²) in [6.07, 6.45) is -4.42. The monoisotopic (exact) mass is 371 g/mol. The van der Waals surface area contributed by atoms with E-state index in [9.17, 15) is 18.0 Å². The van der Waals surface area contributed by atoms with E-state index in [-0.39, 0.29) is 12.2 Å². The maximum absolute atomic E-state index is 12.8. The lowest BCUT2D eigenvalue weighted by Crippen LogP contribution is -2.24. The Labute approximate surface area is 154 Å². The summed E-state index contributed by atoms with van der Waals surface area (Å²) in [5.41, 5.74) is 0.604. The van der Waals surface area contributed by atoms with Crippen molar-refractivity contribution in [3.05, 3.63) is 89.6 Å². The summed E-state index contributed by atoms with van der Waals surface area (Å²) in [6.45, 7) is -0.0270. The van der Waals surface area contributed by atoms with Crippen LogP contribution in [0.15, 0.2) is 72.8 Å². The Hall–Kier alpha value is -3.35. The number of hydrogen-bond acceptors (Lipinski definition) is 3. The first kappa shape index (κ1) is 18.4. The van der Waals surface area contributed by atoms with Gasteiger partial charge >= 0.3 is 6.18 Å². The molecule has 27 heavy (non-hydrogen) atoms. The molecule has 0 radical (unpaired) electrons. The van der Waals surface area contributed by atoms with E-state index >= 15 is 0 Å². The molecule has 0 aliphatic carbocycles. The number of benzene rings is 2. The summed E-state index contributed by atoms with van der Waals surface area (Å²) in [5.74, 6) is 0.0250. The summed E-state index contributed by atoms with van der Waals surface area (Å²) in [7, 11) is 0. The van der Waals surface area contributed by atoms with Gasteiger partial charge in [-0.25, -0.2) is 4.98 Å². The van der Waals surface area contributed by atoms with Crippen LogP contribution in [0.5, 0.6) is 0 Å². The third kappa shape index (κ3) is 5.07. The normalized spacial score (nSPS) is 11.1. The largest absolute Gasteiger partial charge is 0.416 e. The van der Waals surface area contributed by atoms with Crippen LogP contribution in [-0.2, 0) is 12.7 Å². The van der Waals surface area contributed by atoms with Gasteiger partial charge in [-0.1, -0.05) is 36.4 Å². The summed E-state index contributed by atoms with van der Waals surface area (Å²) >= 11 is 0. The minimum Gasteiger partial charge on any atom is -0.347 e. The van der Waals surface area contributed by atoms with Gasteiger partial charge in [-0.2, -0.15) is 13.2 Å². The number of hydrogen-bond donors (Lipinski definition) is 2. The minimum atomic E-state index is -4.42. The molecule has 2 aromatic carbocycles. The molecule has 1 amide bonds. The number of halogens is 3.